The van der Waals surface area contributed by atoms with Crippen LogP contribution in [-0.2, 0) is 4.79 Å². The van der Waals surface area contributed by atoms with Gasteiger partial charge in [-0.3, -0.25) is 4.79 Å². The SMILES string of the molecule is C=C1C2CC(C)(C)CCC2(C(=O)O)CCC1(C)C. The minimum absolute atomic E-state index is 0.0943. The lowest BCUT2D eigenvalue weighted by atomic mass is 9.49. The van der Waals surface area contributed by atoms with Crippen LogP contribution in [0.3, 0.4) is 0 Å². The number of fused-ring (bicyclic) bond motifs is 1. The highest BCUT2D eigenvalue weighted by Crippen LogP contribution is 2.61. The third-order valence-electron chi connectivity index (χ3n) is 5.58. The topological polar surface area (TPSA) is 37.3 Å². The fourth-order valence-corrected chi connectivity index (χ4v) is 3.87. The Balaban J connectivity index is 2.41. The summed E-state index contributed by atoms with van der Waals surface area (Å²) in [6, 6.07) is 0. The summed E-state index contributed by atoms with van der Waals surface area (Å²) >= 11 is 0. The first-order valence-corrected chi connectivity index (χ1v) is 7.03. The minimum atomic E-state index is -0.598. The molecule has 2 saturated carbocycles. The number of hydrogen-bond donors (Lipinski definition) is 1. The van der Waals surface area contributed by atoms with E-state index in [1.54, 1.807) is 0 Å². The first-order valence-electron chi connectivity index (χ1n) is 7.03. The maximum Gasteiger partial charge on any atom is 0.310 e. The number of carboxylic acids is 1. The molecule has 0 radical (unpaired) electrons. The molecule has 2 rings (SSSR count). The van der Waals surface area contributed by atoms with Crippen molar-refractivity contribution in [2.75, 3.05) is 0 Å². The van der Waals surface area contributed by atoms with E-state index in [0.29, 0.717) is 0 Å². The Kier molecular flexibility index (Phi) is 2.92. The summed E-state index contributed by atoms with van der Waals surface area (Å²) in [5.41, 5.74) is 0.989. The van der Waals surface area contributed by atoms with Gasteiger partial charge in [-0.1, -0.05) is 39.8 Å². The highest BCUT2D eigenvalue weighted by atomic mass is 16.4. The third-order valence-corrected chi connectivity index (χ3v) is 5.58. The molecule has 2 fully saturated rings. The molecule has 0 aromatic rings. The number of carbonyl (C=O) groups is 1. The van der Waals surface area contributed by atoms with Gasteiger partial charge in [0.05, 0.1) is 5.41 Å². The Morgan fingerprint density at radius 3 is 2.28 bits per heavy atom. The van der Waals surface area contributed by atoms with Crippen LogP contribution in [-0.4, -0.2) is 11.1 Å². The van der Waals surface area contributed by atoms with E-state index in [1.807, 2.05) is 0 Å². The molecular formula is C16H26O2. The zero-order valence-electron chi connectivity index (χ0n) is 12.2. The monoisotopic (exact) mass is 250 g/mol. The molecule has 0 bridgehead atoms. The lowest BCUT2D eigenvalue weighted by Gasteiger charge is -2.54. The van der Waals surface area contributed by atoms with Crippen molar-refractivity contribution < 1.29 is 9.90 Å². The number of rotatable bonds is 1. The van der Waals surface area contributed by atoms with Gasteiger partial charge in [0.25, 0.3) is 0 Å². The van der Waals surface area contributed by atoms with Crippen molar-refractivity contribution in [1.29, 1.82) is 0 Å². The van der Waals surface area contributed by atoms with E-state index in [1.165, 1.54) is 5.57 Å². The van der Waals surface area contributed by atoms with Crippen LogP contribution in [0, 0.1) is 22.2 Å². The fraction of sp³-hybridized carbons (Fsp3) is 0.812. The highest BCUT2D eigenvalue weighted by Gasteiger charge is 2.56. The lowest BCUT2D eigenvalue weighted by Crippen LogP contribution is -2.51. The summed E-state index contributed by atoms with van der Waals surface area (Å²) in [5, 5.41) is 9.74. The van der Waals surface area contributed by atoms with Crippen LogP contribution in [0.2, 0.25) is 0 Å². The minimum Gasteiger partial charge on any atom is -0.481 e. The molecule has 18 heavy (non-hydrogen) atoms. The number of aliphatic carboxylic acids is 1. The molecule has 2 heteroatoms. The van der Waals surface area contributed by atoms with Gasteiger partial charge in [0.15, 0.2) is 0 Å². The Bertz CT molecular complexity index is 388. The summed E-state index contributed by atoms with van der Waals surface area (Å²) in [6.45, 7) is 13.2. The molecule has 0 aromatic carbocycles. The van der Waals surface area contributed by atoms with Gasteiger partial charge in [-0.25, -0.2) is 0 Å². The quantitative estimate of drug-likeness (QED) is 0.706. The van der Waals surface area contributed by atoms with Crippen LogP contribution in [0.15, 0.2) is 12.2 Å². The van der Waals surface area contributed by atoms with Crippen molar-refractivity contribution in [3.05, 3.63) is 12.2 Å². The predicted octanol–water partition coefficient (Wildman–Crippen LogP) is 4.26. The van der Waals surface area contributed by atoms with Gasteiger partial charge in [0.2, 0.25) is 0 Å². The average molecular weight is 250 g/mol. The van der Waals surface area contributed by atoms with E-state index in [0.717, 1.165) is 32.1 Å². The highest BCUT2D eigenvalue weighted by molar-refractivity contribution is 5.76. The summed E-state index contributed by atoms with van der Waals surface area (Å²) in [7, 11) is 0. The van der Waals surface area contributed by atoms with Crippen LogP contribution in [0.1, 0.15) is 59.8 Å². The van der Waals surface area contributed by atoms with E-state index in [9.17, 15) is 9.90 Å². The molecule has 1 N–H and O–H groups in total. The lowest BCUT2D eigenvalue weighted by molar-refractivity contribution is -0.160. The first kappa shape index (κ1) is 13.6. The van der Waals surface area contributed by atoms with Gasteiger partial charge in [-0.05, 0) is 48.9 Å². The maximum absolute atomic E-state index is 11.8. The van der Waals surface area contributed by atoms with Crippen LogP contribution in [0.25, 0.3) is 0 Å². The Morgan fingerprint density at radius 1 is 1.17 bits per heavy atom. The van der Waals surface area contributed by atoms with Crippen LogP contribution in [0.5, 0.6) is 0 Å². The van der Waals surface area contributed by atoms with Gasteiger partial charge in [0, 0.05) is 0 Å². The van der Waals surface area contributed by atoms with Gasteiger partial charge < -0.3 is 5.11 Å². The molecule has 2 aliphatic carbocycles. The molecule has 0 aliphatic heterocycles. The molecule has 102 valence electrons. The standard InChI is InChI=1S/C16H26O2/c1-11-12-10-14(2,3)6-8-16(12,13(17)18)9-7-15(11,4)5/h12H,1,6-10H2,2-5H3,(H,17,18). The Morgan fingerprint density at radius 2 is 1.72 bits per heavy atom. The summed E-state index contributed by atoms with van der Waals surface area (Å²) in [5.74, 6) is -0.442. The van der Waals surface area contributed by atoms with Crippen molar-refractivity contribution in [1.82, 2.24) is 0 Å². The molecule has 0 spiro atoms. The molecular weight excluding hydrogens is 224 g/mol. The first-order chi connectivity index (χ1) is 8.11. The molecule has 0 saturated heterocycles. The molecule has 0 amide bonds. The molecule has 0 aromatic heterocycles. The molecule has 2 aliphatic rings. The summed E-state index contributed by atoms with van der Waals surface area (Å²) < 4.78 is 0. The summed E-state index contributed by atoms with van der Waals surface area (Å²) in [4.78, 5) is 11.8. The largest absolute Gasteiger partial charge is 0.481 e. The Labute approximate surface area is 110 Å². The van der Waals surface area contributed by atoms with Crippen molar-refractivity contribution in [3.8, 4) is 0 Å². The van der Waals surface area contributed by atoms with Crippen molar-refractivity contribution in [2.45, 2.75) is 59.8 Å². The van der Waals surface area contributed by atoms with E-state index in [2.05, 4.69) is 34.3 Å². The van der Waals surface area contributed by atoms with Gasteiger partial charge in [0.1, 0.15) is 0 Å². The van der Waals surface area contributed by atoms with Gasteiger partial charge in [-0.15, -0.1) is 0 Å². The normalized spacial score (nSPS) is 38.0. The number of allylic oxidation sites excluding steroid dienone is 1. The molecule has 2 nitrogen and oxygen atoms in total. The number of carboxylic acid groups (broad SMARTS) is 1. The van der Waals surface area contributed by atoms with Crippen molar-refractivity contribution in [2.24, 2.45) is 22.2 Å². The van der Waals surface area contributed by atoms with E-state index in [4.69, 9.17) is 0 Å². The van der Waals surface area contributed by atoms with Gasteiger partial charge in [-0.2, -0.15) is 0 Å². The van der Waals surface area contributed by atoms with E-state index < -0.39 is 11.4 Å². The molecule has 0 heterocycles. The van der Waals surface area contributed by atoms with Gasteiger partial charge >= 0.3 is 5.97 Å². The number of hydrogen-bond acceptors (Lipinski definition) is 1. The molecule has 2 unspecified atom stereocenters. The van der Waals surface area contributed by atoms with Crippen molar-refractivity contribution in [3.63, 3.8) is 0 Å². The Hall–Kier alpha value is -0.790. The van der Waals surface area contributed by atoms with Crippen molar-refractivity contribution >= 4 is 5.97 Å². The van der Waals surface area contributed by atoms with Crippen LogP contribution < -0.4 is 0 Å². The zero-order valence-corrected chi connectivity index (χ0v) is 12.2. The van der Waals surface area contributed by atoms with E-state index >= 15 is 0 Å². The van der Waals surface area contributed by atoms with Crippen LogP contribution >= 0.6 is 0 Å². The smallest absolute Gasteiger partial charge is 0.310 e. The van der Waals surface area contributed by atoms with E-state index in [-0.39, 0.29) is 16.7 Å². The zero-order chi connectivity index (χ0) is 13.8. The molecule has 2 atom stereocenters. The second-order valence-electron chi connectivity index (χ2n) is 7.79. The third kappa shape index (κ3) is 1.90. The summed E-state index contributed by atoms with van der Waals surface area (Å²) in [6.07, 6.45) is 4.57. The second-order valence-corrected chi connectivity index (χ2v) is 7.79. The fourth-order valence-electron chi connectivity index (χ4n) is 3.87. The maximum atomic E-state index is 11.8. The second kappa shape index (κ2) is 3.85. The van der Waals surface area contributed by atoms with Crippen LogP contribution in [0.4, 0.5) is 0 Å². The average Bonchev–Trinajstić information content (AvgIpc) is 2.24. The predicted molar refractivity (Wildman–Crippen MR) is 73.3 cm³/mol.